The summed E-state index contributed by atoms with van der Waals surface area (Å²) in [4.78, 5) is 13.8. The van der Waals surface area contributed by atoms with Crippen molar-refractivity contribution in [2.45, 2.75) is 17.4 Å². The van der Waals surface area contributed by atoms with E-state index in [1.807, 2.05) is 12.1 Å². The standard InChI is InChI=1S/C23H21N7O2S/c24-21-18(7-4-10-26-21)23-28-19-14-27-22-17(20(19)30(23)15-8-11-25-13-15)9-12-29(22)33(31,32)16-5-2-1-3-6-16/h1-7,9-10,12,14-15,25H,8,11,13H2,(H2,24,26). The quantitative estimate of drug-likeness (QED) is 0.424. The second-order valence-corrected chi connectivity index (χ2v) is 9.86. The molecule has 1 aromatic carbocycles. The van der Waals surface area contributed by atoms with Crippen LogP contribution in [0.4, 0.5) is 5.82 Å². The van der Waals surface area contributed by atoms with Gasteiger partial charge in [0.25, 0.3) is 10.0 Å². The number of hydrogen-bond acceptors (Lipinski definition) is 7. The van der Waals surface area contributed by atoms with E-state index in [0.29, 0.717) is 22.8 Å². The minimum absolute atomic E-state index is 0.143. The Balaban J connectivity index is 1.65. The Bertz CT molecular complexity index is 1600. The maximum absolute atomic E-state index is 13.3. The molecule has 3 N–H and O–H groups in total. The summed E-state index contributed by atoms with van der Waals surface area (Å²) in [5.41, 5.74) is 8.83. The number of imidazole rings is 1. The lowest BCUT2D eigenvalue weighted by Crippen LogP contribution is -2.15. The van der Waals surface area contributed by atoms with Crippen molar-refractivity contribution in [2.75, 3.05) is 18.8 Å². The summed E-state index contributed by atoms with van der Waals surface area (Å²) in [6.07, 6.45) is 5.76. The van der Waals surface area contributed by atoms with Gasteiger partial charge in [-0.25, -0.2) is 27.3 Å². The first-order chi connectivity index (χ1) is 16.1. The minimum atomic E-state index is -3.79. The average Bonchev–Trinajstić information content (AvgIpc) is 3.57. The highest BCUT2D eigenvalue weighted by Gasteiger charge is 2.27. The van der Waals surface area contributed by atoms with Crippen molar-refractivity contribution in [3.05, 3.63) is 67.1 Å². The first-order valence-electron chi connectivity index (χ1n) is 10.7. The molecule has 1 atom stereocenters. The van der Waals surface area contributed by atoms with Gasteiger partial charge < -0.3 is 15.6 Å². The number of aromatic nitrogens is 5. The Morgan fingerprint density at radius 3 is 2.67 bits per heavy atom. The zero-order valence-electron chi connectivity index (χ0n) is 17.6. The molecule has 166 valence electrons. The summed E-state index contributed by atoms with van der Waals surface area (Å²) in [5.74, 6) is 1.10. The number of rotatable bonds is 4. The number of nitrogen functional groups attached to an aromatic ring is 1. The summed E-state index contributed by atoms with van der Waals surface area (Å²) in [6.45, 7) is 1.68. The van der Waals surface area contributed by atoms with E-state index in [9.17, 15) is 8.42 Å². The van der Waals surface area contributed by atoms with Crippen LogP contribution in [0.1, 0.15) is 12.5 Å². The van der Waals surface area contributed by atoms with Crippen LogP contribution in [0.2, 0.25) is 0 Å². The van der Waals surface area contributed by atoms with Gasteiger partial charge in [0, 0.05) is 30.4 Å². The topological polar surface area (TPSA) is 121 Å². The van der Waals surface area contributed by atoms with Crippen LogP contribution in [-0.2, 0) is 10.0 Å². The van der Waals surface area contributed by atoms with Crippen LogP contribution in [0.25, 0.3) is 33.5 Å². The summed E-state index contributed by atoms with van der Waals surface area (Å²) in [6, 6.07) is 14.0. The normalized spacial score (nSPS) is 16.7. The van der Waals surface area contributed by atoms with Crippen LogP contribution in [0.3, 0.4) is 0 Å². The third kappa shape index (κ3) is 3.02. The van der Waals surface area contributed by atoms with Gasteiger partial charge in [-0.1, -0.05) is 18.2 Å². The average molecular weight is 460 g/mol. The first kappa shape index (κ1) is 19.9. The van der Waals surface area contributed by atoms with Crippen molar-refractivity contribution in [1.82, 2.24) is 28.8 Å². The molecule has 0 bridgehead atoms. The summed E-state index contributed by atoms with van der Waals surface area (Å²) in [7, 11) is -3.79. The molecule has 0 spiro atoms. The zero-order chi connectivity index (χ0) is 22.6. The van der Waals surface area contributed by atoms with Gasteiger partial charge in [-0.3, -0.25) is 0 Å². The van der Waals surface area contributed by atoms with Gasteiger partial charge in [0.05, 0.1) is 22.2 Å². The molecule has 10 heteroatoms. The maximum atomic E-state index is 13.3. The van der Waals surface area contributed by atoms with E-state index < -0.39 is 10.0 Å². The molecule has 1 aliphatic rings. The number of anilines is 1. The third-order valence-corrected chi connectivity index (χ3v) is 7.79. The van der Waals surface area contributed by atoms with Crippen LogP contribution in [0, 0.1) is 0 Å². The number of pyridine rings is 2. The molecule has 0 radical (unpaired) electrons. The van der Waals surface area contributed by atoms with Gasteiger partial charge in [0.1, 0.15) is 17.2 Å². The Labute approximate surface area is 190 Å². The summed E-state index contributed by atoms with van der Waals surface area (Å²) < 4.78 is 30.0. The maximum Gasteiger partial charge on any atom is 0.269 e. The van der Waals surface area contributed by atoms with E-state index in [1.165, 1.54) is 3.97 Å². The summed E-state index contributed by atoms with van der Waals surface area (Å²) >= 11 is 0. The van der Waals surface area contributed by atoms with Crippen molar-refractivity contribution < 1.29 is 8.42 Å². The molecule has 0 saturated carbocycles. The third-order valence-electron chi connectivity index (χ3n) is 6.11. The number of nitrogens with zero attached hydrogens (tertiary/aromatic N) is 5. The number of nitrogens with one attached hydrogen (secondary N) is 1. The van der Waals surface area contributed by atoms with Crippen LogP contribution in [0.5, 0.6) is 0 Å². The van der Waals surface area contributed by atoms with Gasteiger partial charge >= 0.3 is 0 Å². The highest BCUT2D eigenvalue weighted by Crippen LogP contribution is 2.36. The molecule has 6 rings (SSSR count). The predicted molar refractivity (Wildman–Crippen MR) is 126 cm³/mol. The Morgan fingerprint density at radius 2 is 1.91 bits per heavy atom. The van der Waals surface area contributed by atoms with E-state index in [-0.39, 0.29) is 10.9 Å². The molecule has 33 heavy (non-hydrogen) atoms. The van der Waals surface area contributed by atoms with Crippen LogP contribution in [0.15, 0.2) is 72.0 Å². The predicted octanol–water partition coefficient (Wildman–Crippen LogP) is 2.80. The molecule has 0 aliphatic carbocycles. The smallest absolute Gasteiger partial charge is 0.269 e. The Hall–Kier alpha value is -3.76. The lowest BCUT2D eigenvalue weighted by molar-refractivity contribution is 0.568. The second kappa shape index (κ2) is 7.39. The van der Waals surface area contributed by atoms with Gasteiger partial charge in [-0.05, 0) is 43.3 Å². The molecular weight excluding hydrogens is 438 g/mol. The molecule has 1 unspecified atom stereocenters. The monoisotopic (exact) mass is 459 g/mol. The molecule has 4 aromatic heterocycles. The van der Waals surface area contributed by atoms with E-state index in [4.69, 9.17) is 10.7 Å². The molecule has 1 aliphatic heterocycles. The number of fused-ring (bicyclic) bond motifs is 3. The van der Waals surface area contributed by atoms with Crippen molar-refractivity contribution in [1.29, 1.82) is 0 Å². The van der Waals surface area contributed by atoms with E-state index in [0.717, 1.165) is 36.0 Å². The second-order valence-electron chi connectivity index (χ2n) is 8.05. The minimum Gasteiger partial charge on any atom is -0.383 e. The molecule has 5 aromatic rings. The summed E-state index contributed by atoms with van der Waals surface area (Å²) in [5, 5.41) is 4.13. The van der Waals surface area contributed by atoms with Crippen molar-refractivity contribution >= 4 is 37.9 Å². The van der Waals surface area contributed by atoms with E-state index >= 15 is 0 Å². The van der Waals surface area contributed by atoms with Gasteiger partial charge in [-0.2, -0.15) is 0 Å². The molecule has 1 fully saturated rings. The fraction of sp³-hybridized carbons (Fsp3) is 0.174. The molecule has 1 saturated heterocycles. The van der Waals surface area contributed by atoms with Crippen LogP contribution >= 0.6 is 0 Å². The van der Waals surface area contributed by atoms with Crippen molar-refractivity contribution in [3.8, 4) is 11.4 Å². The van der Waals surface area contributed by atoms with Gasteiger partial charge in [-0.15, -0.1) is 0 Å². The largest absolute Gasteiger partial charge is 0.383 e. The van der Waals surface area contributed by atoms with E-state index in [1.54, 1.807) is 55.0 Å². The highest BCUT2D eigenvalue weighted by molar-refractivity contribution is 7.90. The number of hydrogen-bond donors (Lipinski definition) is 2. The fourth-order valence-electron chi connectivity index (χ4n) is 4.56. The lowest BCUT2D eigenvalue weighted by Gasteiger charge is -2.17. The van der Waals surface area contributed by atoms with Gasteiger partial charge in [0.2, 0.25) is 0 Å². The van der Waals surface area contributed by atoms with Gasteiger partial charge in [0.15, 0.2) is 5.65 Å². The van der Waals surface area contributed by atoms with Crippen molar-refractivity contribution in [2.24, 2.45) is 0 Å². The molecular formula is C23H21N7O2S. The van der Waals surface area contributed by atoms with Crippen molar-refractivity contribution in [3.63, 3.8) is 0 Å². The number of nitrogens with two attached hydrogens (primary N) is 1. The first-order valence-corrected chi connectivity index (χ1v) is 12.1. The SMILES string of the molecule is Nc1ncccc1-c1nc2cnc3c(ccn3S(=O)(=O)c3ccccc3)c2n1C1CCNC1. The fourth-order valence-corrected chi connectivity index (χ4v) is 5.88. The Morgan fingerprint density at radius 1 is 1.06 bits per heavy atom. The number of benzene rings is 1. The molecule has 0 amide bonds. The molecule has 9 nitrogen and oxygen atoms in total. The van der Waals surface area contributed by atoms with Crippen LogP contribution < -0.4 is 11.1 Å². The molecule has 5 heterocycles. The van der Waals surface area contributed by atoms with Crippen LogP contribution in [-0.4, -0.2) is 45.0 Å². The zero-order valence-corrected chi connectivity index (χ0v) is 18.4. The highest BCUT2D eigenvalue weighted by atomic mass is 32.2. The van der Waals surface area contributed by atoms with E-state index in [2.05, 4.69) is 19.9 Å². The Kier molecular flexibility index (Phi) is 4.46. The lowest BCUT2D eigenvalue weighted by atomic mass is 10.2.